The Labute approximate surface area is 196 Å². The molecule has 0 bridgehead atoms. The predicted octanol–water partition coefficient (Wildman–Crippen LogP) is 5.00. The van der Waals surface area contributed by atoms with E-state index in [1.807, 2.05) is 31.2 Å². The molecule has 33 heavy (non-hydrogen) atoms. The van der Waals surface area contributed by atoms with E-state index < -0.39 is 5.91 Å². The van der Waals surface area contributed by atoms with Gasteiger partial charge in [-0.3, -0.25) is 14.9 Å². The van der Waals surface area contributed by atoms with Gasteiger partial charge < -0.3 is 15.4 Å². The van der Waals surface area contributed by atoms with Gasteiger partial charge >= 0.3 is 0 Å². The highest BCUT2D eigenvalue weighted by Gasteiger charge is 2.08. The van der Waals surface area contributed by atoms with Crippen LogP contribution in [0.5, 0.6) is 5.75 Å². The van der Waals surface area contributed by atoms with Gasteiger partial charge in [0, 0.05) is 23.0 Å². The number of halogens is 1. The average Bonchev–Trinajstić information content (AvgIpc) is 2.80. The van der Waals surface area contributed by atoms with E-state index >= 15 is 0 Å². The Morgan fingerprint density at radius 1 is 0.970 bits per heavy atom. The van der Waals surface area contributed by atoms with Crippen LogP contribution in [-0.2, 0) is 4.79 Å². The third-order valence-electron chi connectivity index (χ3n) is 4.34. The van der Waals surface area contributed by atoms with Crippen molar-refractivity contribution in [3.63, 3.8) is 0 Å². The monoisotopic (exact) mass is 463 g/mol. The first-order valence-corrected chi connectivity index (χ1v) is 10.5. The van der Waals surface area contributed by atoms with E-state index in [0.29, 0.717) is 23.5 Å². The van der Waals surface area contributed by atoms with Crippen molar-refractivity contribution < 1.29 is 18.7 Å². The average molecular weight is 464 g/mol. The van der Waals surface area contributed by atoms with Crippen LogP contribution in [-0.4, -0.2) is 23.5 Å². The quantitative estimate of drug-likeness (QED) is 0.339. The van der Waals surface area contributed by atoms with Crippen molar-refractivity contribution in [3.05, 3.63) is 95.8 Å². The molecule has 0 heterocycles. The molecule has 2 amide bonds. The number of hydrogen-bond donors (Lipinski definition) is 3. The molecule has 0 aliphatic carbocycles. The highest BCUT2D eigenvalue weighted by molar-refractivity contribution is 7.80. The molecule has 0 saturated heterocycles. The van der Waals surface area contributed by atoms with Crippen molar-refractivity contribution in [3.8, 4) is 5.75 Å². The molecule has 0 saturated carbocycles. The summed E-state index contributed by atoms with van der Waals surface area (Å²) >= 11 is 5.19. The van der Waals surface area contributed by atoms with E-state index in [9.17, 15) is 14.0 Å². The van der Waals surface area contributed by atoms with Crippen LogP contribution in [0, 0.1) is 5.82 Å². The fourth-order valence-electron chi connectivity index (χ4n) is 2.80. The first kappa shape index (κ1) is 23.6. The molecule has 6 nitrogen and oxygen atoms in total. The summed E-state index contributed by atoms with van der Waals surface area (Å²) < 4.78 is 18.4. The molecule has 168 valence electrons. The first-order valence-electron chi connectivity index (χ1n) is 10.1. The van der Waals surface area contributed by atoms with Crippen LogP contribution in [0.4, 0.5) is 15.8 Å². The molecule has 0 aliphatic heterocycles. The summed E-state index contributed by atoms with van der Waals surface area (Å²) in [7, 11) is 0. The SMILES string of the molecule is CCOc1ccc(/C=C/C(=O)NC(=S)Nc2cccc(C(=O)Nc3ccc(F)cc3)c2)cc1. The number of thiocarbonyl (C=S) groups is 1. The van der Waals surface area contributed by atoms with Crippen LogP contribution in [0.1, 0.15) is 22.8 Å². The summed E-state index contributed by atoms with van der Waals surface area (Å²) in [6, 6.07) is 19.4. The second kappa shape index (κ2) is 11.5. The van der Waals surface area contributed by atoms with E-state index in [4.69, 9.17) is 17.0 Å². The van der Waals surface area contributed by atoms with Gasteiger partial charge in [0.05, 0.1) is 6.61 Å². The van der Waals surface area contributed by atoms with Gasteiger partial charge in [-0.05, 0) is 85.4 Å². The van der Waals surface area contributed by atoms with Crippen molar-refractivity contribution >= 4 is 46.6 Å². The number of ether oxygens (including phenoxy) is 1. The highest BCUT2D eigenvalue weighted by atomic mass is 32.1. The van der Waals surface area contributed by atoms with Crippen LogP contribution < -0.4 is 20.7 Å². The minimum Gasteiger partial charge on any atom is -0.494 e. The summed E-state index contributed by atoms with van der Waals surface area (Å²) in [5, 5.41) is 8.21. The standard InChI is InChI=1S/C25H22FN3O3S/c1-2-32-22-13-6-17(7-14-22)8-15-23(30)29-25(33)28-21-5-3-4-18(16-21)24(31)27-20-11-9-19(26)10-12-20/h3-16H,2H2,1H3,(H,27,31)(H2,28,29,30,33)/b15-8+. The molecule has 0 aliphatic rings. The summed E-state index contributed by atoms with van der Waals surface area (Å²) in [6.07, 6.45) is 3.03. The zero-order valence-corrected chi connectivity index (χ0v) is 18.6. The molecule has 0 radical (unpaired) electrons. The molecule has 8 heteroatoms. The van der Waals surface area contributed by atoms with E-state index in [1.165, 1.54) is 30.3 Å². The third-order valence-corrected chi connectivity index (χ3v) is 4.54. The summed E-state index contributed by atoms with van der Waals surface area (Å²) in [6.45, 7) is 2.50. The molecular formula is C25H22FN3O3S. The summed E-state index contributed by atoms with van der Waals surface area (Å²) in [4.78, 5) is 24.6. The van der Waals surface area contributed by atoms with Crippen molar-refractivity contribution in [2.24, 2.45) is 0 Å². The normalized spacial score (nSPS) is 10.5. The van der Waals surface area contributed by atoms with E-state index in [0.717, 1.165) is 11.3 Å². The number of carbonyl (C=O) groups is 2. The van der Waals surface area contributed by atoms with Crippen LogP contribution in [0.15, 0.2) is 78.9 Å². The third kappa shape index (κ3) is 7.55. The van der Waals surface area contributed by atoms with Crippen LogP contribution in [0.3, 0.4) is 0 Å². The van der Waals surface area contributed by atoms with Crippen LogP contribution >= 0.6 is 12.2 Å². The van der Waals surface area contributed by atoms with Gasteiger partial charge in [-0.2, -0.15) is 0 Å². The smallest absolute Gasteiger partial charge is 0.255 e. The summed E-state index contributed by atoms with van der Waals surface area (Å²) in [5.41, 5.74) is 2.21. The lowest BCUT2D eigenvalue weighted by Crippen LogP contribution is -2.32. The second-order valence-electron chi connectivity index (χ2n) is 6.82. The van der Waals surface area contributed by atoms with Gasteiger partial charge in [0.25, 0.3) is 5.91 Å². The Hall–Kier alpha value is -4.04. The zero-order chi connectivity index (χ0) is 23.6. The first-order chi connectivity index (χ1) is 15.9. The van der Waals surface area contributed by atoms with E-state index in [2.05, 4.69) is 16.0 Å². The Morgan fingerprint density at radius 2 is 1.70 bits per heavy atom. The zero-order valence-electron chi connectivity index (χ0n) is 17.8. The number of benzene rings is 3. The molecule has 3 rings (SSSR count). The Balaban J connectivity index is 1.53. The van der Waals surface area contributed by atoms with Gasteiger partial charge in [0.2, 0.25) is 5.91 Å². The Kier molecular flexibility index (Phi) is 8.26. The molecular weight excluding hydrogens is 441 g/mol. The van der Waals surface area contributed by atoms with Gasteiger partial charge in [-0.1, -0.05) is 18.2 Å². The number of carbonyl (C=O) groups excluding carboxylic acids is 2. The molecule has 0 fully saturated rings. The fourth-order valence-corrected chi connectivity index (χ4v) is 3.02. The van der Waals surface area contributed by atoms with Crippen molar-refractivity contribution in [1.82, 2.24) is 5.32 Å². The lowest BCUT2D eigenvalue weighted by Gasteiger charge is -2.10. The largest absolute Gasteiger partial charge is 0.494 e. The summed E-state index contributed by atoms with van der Waals surface area (Å²) in [5.74, 6) is -0.382. The van der Waals surface area contributed by atoms with Crippen LogP contribution in [0.25, 0.3) is 6.08 Å². The number of rotatable bonds is 7. The second-order valence-corrected chi connectivity index (χ2v) is 7.23. The van der Waals surface area contributed by atoms with Crippen molar-refractivity contribution in [2.45, 2.75) is 6.92 Å². The Morgan fingerprint density at radius 3 is 2.39 bits per heavy atom. The van der Waals surface area contributed by atoms with Gasteiger partial charge in [-0.25, -0.2) is 4.39 Å². The molecule has 0 unspecified atom stereocenters. The minimum atomic E-state index is -0.397. The molecule has 3 aromatic rings. The lowest BCUT2D eigenvalue weighted by molar-refractivity contribution is -0.115. The van der Waals surface area contributed by atoms with Crippen molar-refractivity contribution in [1.29, 1.82) is 0 Å². The van der Waals surface area contributed by atoms with Crippen molar-refractivity contribution in [2.75, 3.05) is 17.2 Å². The predicted molar refractivity (Wildman–Crippen MR) is 132 cm³/mol. The highest BCUT2D eigenvalue weighted by Crippen LogP contribution is 2.15. The fraction of sp³-hybridized carbons (Fsp3) is 0.0800. The number of anilines is 2. The maximum atomic E-state index is 13.0. The molecule has 0 spiro atoms. The number of hydrogen-bond acceptors (Lipinski definition) is 4. The topological polar surface area (TPSA) is 79.5 Å². The van der Waals surface area contributed by atoms with E-state index in [1.54, 1.807) is 30.3 Å². The maximum Gasteiger partial charge on any atom is 0.255 e. The molecule has 0 atom stereocenters. The van der Waals surface area contributed by atoms with Gasteiger partial charge in [0.1, 0.15) is 11.6 Å². The van der Waals surface area contributed by atoms with Gasteiger partial charge in [-0.15, -0.1) is 0 Å². The molecule has 0 aromatic heterocycles. The van der Waals surface area contributed by atoms with E-state index in [-0.39, 0.29) is 16.8 Å². The number of amides is 2. The van der Waals surface area contributed by atoms with Crippen LogP contribution in [0.2, 0.25) is 0 Å². The Bertz CT molecular complexity index is 1160. The number of nitrogens with one attached hydrogen (secondary N) is 3. The molecule has 3 N–H and O–H groups in total. The van der Waals surface area contributed by atoms with Gasteiger partial charge in [0.15, 0.2) is 5.11 Å². The lowest BCUT2D eigenvalue weighted by atomic mass is 10.2. The minimum absolute atomic E-state index is 0.0902. The molecule has 3 aromatic carbocycles. The maximum absolute atomic E-state index is 13.0.